The van der Waals surface area contributed by atoms with Gasteiger partial charge in [0.25, 0.3) is 10.5 Å². The van der Waals surface area contributed by atoms with E-state index >= 15 is 0 Å². The van der Waals surface area contributed by atoms with Gasteiger partial charge in [-0.15, -0.1) is 0 Å². The number of hydrogen-bond acceptors (Lipinski definition) is 2. The zero-order chi connectivity index (χ0) is 15.4. The fraction of sp³-hybridized carbons (Fsp3) is 0.0588. The maximum absolute atomic E-state index is 11.1. The summed E-state index contributed by atoms with van der Waals surface area (Å²) in [5.74, 6) is 0. The van der Waals surface area contributed by atoms with Gasteiger partial charge in [-0.05, 0) is 71.1 Å². The first kappa shape index (κ1) is 15.5. The zero-order valence-corrected chi connectivity index (χ0v) is 12.8. The molecule has 0 saturated carbocycles. The van der Waals surface area contributed by atoms with Crippen molar-refractivity contribution in [3.05, 3.63) is 70.3 Å². The second kappa shape index (κ2) is 6.70. The largest absolute Gasteiger partial charge is 0.276 e. The Labute approximate surface area is 133 Å². The lowest BCUT2D eigenvalue weighted by atomic mass is 10.0. The van der Waals surface area contributed by atoms with E-state index in [2.05, 4.69) is 0 Å². The molecule has 21 heavy (non-hydrogen) atoms. The van der Waals surface area contributed by atoms with Crippen LogP contribution in [-0.4, -0.2) is 10.5 Å². The van der Waals surface area contributed by atoms with Crippen molar-refractivity contribution in [1.29, 1.82) is 0 Å². The molecule has 0 bridgehead atoms. The van der Waals surface area contributed by atoms with Crippen LogP contribution in [0.3, 0.4) is 0 Å². The molecule has 2 aromatic rings. The maximum atomic E-state index is 11.1. The summed E-state index contributed by atoms with van der Waals surface area (Å²) < 4.78 is 0. The molecule has 0 heterocycles. The van der Waals surface area contributed by atoms with Crippen LogP contribution in [-0.2, 0) is 0 Å². The Kier molecular flexibility index (Phi) is 4.94. The van der Waals surface area contributed by atoms with E-state index in [0.717, 1.165) is 16.7 Å². The molecule has 0 atom stereocenters. The molecule has 0 radical (unpaired) electrons. The Hall–Kier alpha value is -1.90. The average molecular weight is 319 g/mol. The highest BCUT2D eigenvalue weighted by atomic mass is 35.5. The molecule has 0 unspecified atom stereocenters. The molecule has 0 aliphatic heterocycles. The summed E-state index contributed by atoms with van der Waals surface area (Å²) in [5.41, 5.74) is 3.86. The van der Waals surface area contributed by atoms with Gasteiger partial charge >= 0.3 is 0 Å². The van der Waals surface area contributed by atoms with Crippen LogP contribution in [0.5, 0.6) is 0 Å². The van der Waals surface area contributed by atoms with E-state index in [9.17, 15) is 9.59 Å². The number of benzene rings is 2. The summed E-state index contributed by atoms with van der Waals surface area (Å²) in [5, 5.41) is -0.933. The number of aryl methyl sites for hydroxylation is 1. The van der Waals surface area contributed by atoms with Gasteiger partial charge < -0.3 is 0 Å². The second-order valence-electron chi connectivity index (χ2n) is 4.57. The molecule has 0 spiro atoms. The van der Waals surface area contributed by atoms with Crippen molar-refractivity contribution in [1.82, 2.24) is 0 Å². The van der Waals surface area contributed by atoms with Crippen molar-refractivity contribution in [3.63, 3.8) is 0 Å². The van der Waals surface area contributed by atoms with Crippen LogP contribution >= 0.6 is 23.2 Å². The molecule has 2 rings (SSSR count). The first-order chi connectivity index (χ1) is 9.97. The summed E-state index contributed by atoms with van der Waals surface area (Å²) in [6.07, 6.45) is 3.86. The van der Waals surface area contributed by atoms with Crippen LogP contribution in [0, 0.1) is 6.92 Å². The van der Waals surface area contributed by atoms with Crippen molar-refractivity contribution in [2.24, 2.45) is 0 Å². The van der Waals surface area contributed by atoms with Gasteiger partial charge in [0, 0.05) is 11.1 Å². The van der Waals surface area contributed by atoms with Crippen LogP contribution in [0.4, 0.5) is 0 Å². The van der Waals surface area contributed by atoms with Crippen molar-refractivity contribution in [3.8, 4) is 0 Å². The Bertz CT molecular complexity index is 716. The first-order valence-electron chi connectivity index (χ1n) is 6.26. The normalized spacial score (nSPS) is 10.8. The van der Waals surface area contributed by atoms with Crippen molar-refractivity contribution in [2.45, 2.75) is 6.92 Å². The molecule has 0 N–H and O–H groups in total. The van der Waals surface area contributed by atoms with E-state index in [0.29, 0.717) is 11.1 Å². The van der Waals surface area contributed by atoms with Gasteiger partial charge in [-0.1, -0.05) is 30.4 Å². The monoisotopic (exact) mass is 318 g/mol. The lowest BCUT2D eigenvalue weighted by Gasteiger charge is -2.02. The third-order valence-corrected chi connectivity index (χ3v) is 3.53. The summed E-state index contributed by atoms with van der Waals surface area (Å²) in [4.78, 5) is 22.1. The predicted molar refractivity (Wildman–Crippen MR) is 86.9 cm³/mol. The van der Waals surface area contributed by atoms with E-state index in [1.54, 1.807) is 24.3 Å². The van der Waals surface area contributed by atoms with Crippen molar-refractivity contribution in [2.75, 3.05) is 0 Å². The smallest absolute Gasteiger partial charge is 0.252 e. The Morgan fingerprint density at radius 2 is 1.43 bits per heavy atom. The Balaban J connectivity index is 2.21. The number of rotatable bonds is 4. The Morgan fingerprint density at radius 1 is 0.857 bits per heavy atom. The van der Waals surface area contributed by atoms with Gasteiger partial charge in [-0.25, -0.2) is 0 Å². The quantitative estimate of drug-likeness (QED) is 0.592. The third kappa shape index (κ3) is 4.03. The lowest BCUT2D eigenvalue weighted by Crippen LogP contribution is -1.91. The van der Waals surface area contributed by atoms with E-state index in [1.165, 1.54) is 0 Å². The molecule has 0 aliphatic carbocycles. The summed E-state index contributed by atoms with van der Waals surface area (Å²) in [6, 6.07) is 12.3. The van der Waals surface area contributed by atoms with Crippen LogP contribution in [0.2, 0.25) is 0 Å². The summed E-state index contributed by atoms with van der Waals surface area (Å²) in [7, 11) is 0. The molecular weight excluding hydrogens is 307 g/mol. The van der Waals surface area contributed by atoms with Gasteiger partial charge in [0.05, 0.1) is 0 Å². The highest BCUT2D eigenvalue weighted by Crippen LogP contribution is 2.16. The van der Waals surface area contributed by atoms with Gasteiger partial charge in [0.15, 0.2) is 0 Å². The average Bonchev–Trinajstić information content (AvgIpc) is 2.46. The minimum absolute atomic E-state index is 0.463. The number of halogens is 2. The standard InChI is InChI=1S/C17H12Cl2O2/c1-11-10-15(17(19)21)9-8-13(11)5-2-12-3-6-14(7-4-12)16(18)20/h2-10H,1H3. The van der Waals surface area contributed by atoms with Crippen molar-refractivity contribution >= 4 is 45.8 Å². The van der Waals surface area contributed by atoms with Crippen LogP contribution < -0.4 is 0 Å². The molecule has 2 aromatic carbocycles. The SMILES string of the molecule is Cc1cc(C(=O)Cl)ccc1C=Cc1ccc(C(=O)Cl)cc1. The molecule has 0 fully saturated rings. The molecule has 2 nitrogen and oxygen atoms in total. The molecule has 4 heteroatoms. The van der Waals surface area contributed by atoms with Gasteiger partial charge in [0.2, 0.25) is 0 Å². The number of carbonyl (C=O) groups is 2. The molecule has 0 amide bonds. The highest BCUT2D eigenvalue weighted by molar-refractivity contribution is 6.68. The topological polar surface area (TPSA) is 34.1 Å². The zero-order valence-electron chi connectivity index (χ0n) is 11.3. The molecule has 106 valence electrons. The fourth-order valence-corrected chi connectivity index (χ4v) is 2.14. The molecule has 0 aromatic heterocycles. The van der Waals surface area contributed by atoms with Gasteiger partial charge in [-0.3, -0.25) is 9.59 Å². The van der Waals surface area contributed by atoms with Gasteiger partial charge in [0.1, 0.15) is 0 Å². The fourth-order valence-electron chi connectivity index (χ4n) is 1.90. The van der Waals surface area contributed by atoms with Crippen molar-refractivity contribution < 1.29 is 9.59 Å². The minimum atomic E-state index is -0.470. The first-order valence-corrected chi connectivity index (χ1v) is 7.01. The van der Waals surface area contributed by atoms with Gasteiger partial charge in [-0.2, -0.15) is 0 Å². The van der Waals surface area contributed by atoms with E-state index in [-0.39, 0.29) is 0 Å². The maximum Gasteiger partial charge on any atom is 0.252 e. The Morgan fingerprint density at radius 3 is 1.95 bits per heavy atom. The van der Waals surface area contributed by atoms with Crippen LogP contribution in [0.1, 0.15) is 37.4 Å². The van der Waals surface area contributed by atoms with Crippen LogP contribution in [0.25, 0.3) is 12.2 Å². The number of hydrogen-bond donors (Lipinski definition) is 0. The summed E-state index contributed by atoms with van der Waals surface area (Å²) >= 11 is 10.8. The molecule has 0 aliphatic rings. The minimum Gasteiger partial charge on any atom is -0.276 e. The second-order valence-corrected chi connectivity index (χ2v) is 5.26. The lowest BCUT2D eigenvalue weighted by molar-refractivity contribution is 0.107. The molecule has 0 saturated heterocycles. The summed E-state index contributed by atoms with van der Waals surface area (Å²) in [6.45, 7) is 1.91. The molecular formula is C17H12Cl2O2. The number of carbonyl (C=O) groups excluding carboxylic acids is 2. The third-order valence-electron chi connectivity index (χ3n) is 3.09. The van der Waals surface area contributed by atoms with Crippen LogP contribution in [0.15, 0.2) is 42.5 Å². The highest BCUT2D eigenvalue weighted by Gasteiger charge is 2.03. The van der Waals surface area contributed by atoms with E-state index < -0.39 is 10.5 Å². The predicted octanol–water partition coefficient (Wildman–Crippen LogP) is 4.92. The van der Waals surface area contributed by atoms with E-state index in [1.807, 2.05) is 37.3 Å². The van der Waals surface area contributed by atoms with E-state index in [4.69, 9.17) is 23.2 Å².